The summed E-state index contributed by atoms with van der Waals surface area (Å²) in [7, 11) is -4.06. The minimum atomic E-state index is -4.06. The SMILES string of the molecule is CC(=O)OC1(CCCCCCCCC(C)OC=O)C=C(C)C=C(S(=O)(=O)c2ccccc2)C1=O. The average Bonchev–Trinajstić information content (AvgIpc) is 2.78. The van der Waals surface area contributed by atoms with Crippen molar-refractivity contribution >= 4 is 28.1 Å². The van der Waals surface area contributed by atoms with E-state index in [9.17, 15) is 22.8 Å². The number of unbranched alkanes of at least 4 members (excludes halogenated alkanes) is 5. The predicted molar refractivity (Wildman–Crippen MR) is 129 cm³/mol. The topological polar surface area (TPSA) is 104 Å². The Kier molecular flexibility index (Phi) is 10.2. The van der Waals surface area contributed by atoms with E-state index in [1.54, 1.807) is 31.2 Å². The van der Waals surface area contributed by atoms with E-state index in [0.29, 0.717) is 18.5 Å². The number of carbonyl (C=O) groups is 3. The molecule has 0 saturated heterocycles. The summed E-state index contributed by atoms with van der Waals surface area (Å²) in [4.78, 5) is 35.3. The van der Waals surface area contributed by atoms with Crippen molar-refractivity contribution in [2.45, 2.75) is 88.7 Å². The van der Waals surface area contributed by atoms with Gasteiger partial charge in [-0.2, -0.15) is 0 Å². The number of sulfone groups is 1. The highest BCUT2D eigenvalue weighted by Crippen LogP contribution is 2.36. The van der Waals surface area contributed by atoms with Gasteiger partial charge in [0, 0.05) is 6.92 Å². The second-order valence-electron chi connectivity index (χ2n) is 8.73. The molecule has 0 N–H and O–H groups in total. The molecular weight excluding hydrogens is 456 g/mol. The monoisotopic (exact) mass is 490 g/mol. The molecule has 2 unspecified atom stereocenters. The zero-order valence-electron chi connectivity index (χ0n) is 20.1. The molecule has 7 nitrogen and oxygen atoms in total. The van der Waals surface area contributed by atoms with Gasteiger partial charge in [0.2, 0.25) is 15.6 Å². The third-order valence-corrected chi connectivity index (χ3v) is 7.57. The van der Waals surface area contributed by atoms with Crippen LogP contribution in [0.5, 0.6) is 0 Å². The quantitative estimate of drug-likeness (QED) is 0.208. The molecule has 2 rings (SSSR count). The molecule has 0 aromatic heterocycles. The van der Waals surface area contributed by atoms with Gasteiger partial charge in [0.15, 0.2) is 5.60 Å². The van der Waals surface area contributed by atoms with Gasteiger partial charge in [0.25, 0.3) is 6.47 Å². The molecule has 8 heteroatoms. The normalized spacial score (nSPS) is 19.1. The van der Waals surface area contributed by atoms with Crippen LogP contribution in [0.25, 0.3) is 0 Å². The highest BCUT2D eigenvalue weighted by molar-refractivity contribution is 7.96. The molecule has 1 aromatic rings. The van der Waals surface area contributed by atoms with Crippen molar-refractivity contribution in [2.75, 3.05) is 0 Å². The van der Waals surface area contributed by atoms with Crippen LogP contribution in [0, 0.1) is 0 Å². The second-order valence-corrected chi connectivity index (χ2v) is 10.6. The Morgan fingerprint density at radius 3 is 2.29 bits per heavy atom. The third kappa shape index (κ3) is 7.38. The summed E-state index contributed by atoms with van der Waals surface area (Å²) in [5.74, 6) is -1.34. The van der Waals surface area contributed by atoms with Crippen molar-refractivity contribution in [1.82, 2.24) is 0 Å². The highest BCUT2D eigenvalue weighted by Gasteiger charge is 2.46. The molecule has 0 spiro atoms. The number of allylic oxidation sites excluding steroid dienone is 2. The van der Waals surface area contributed by atoms with Crippen LogP contribution in [0.1, 0.15) is 72.1 Å². The maximum absolute atomic E-state index is 13.5. The van der Waals surface area contributed by atoms with Crippen molar-refractivity contribution < 1.29 is 32.3 Å². The Bertz CT molecular complexity index is 1020. The van der Waals surface area contributed by atoms with Gasteiger partial charge >= 0.3 is 5.97 Å². The van der Waals surface area contributed by atoms with E-state index in [1.165, 1.54) is 25.1 Å². The number of hydrogen-bond acceptors (Lipinski definition) is 7. The summed E-state index contributed by atoms with van der Waals surface area (Å²) in [6.07, 6.45) is 9.16. The highest BCUT2D eigenvalue weighted by atomic mass is 32.2. The molecule has 1 aliphatic carbocycles. The molecule has 1 aliphatic rings. The molecule has 0 amide bonds. The van der Waals surface area contributed by atoms with Crippen molar-refractivity contribution in [2.24, 2.45) is 0 Å². The van der Waals surface area contributed by atoms with Gasteiger partial charge in [0.05, 0.1) is 11.0 Å². The number of Topliss-reactive ketones (excluding diaryl/α,β-unsaturated/α-hetero) is 1. The van der Waals surface area contributed by atoms with Gasteiger partial charge in [-0.3, -0.25) is 14.4 Å². The first-order valence-corrected chi connectivity index (χ1v) is 13.2. The number of rotatable bonds is 14. The molecule has 0 aliphatic heterocycles. The summed E-state index contributed by atoms with van der Waals surface area (Å²) in [6, 6.07) is 7.77. The molecule has 0 fully saturated rings. The number of hydrogen-bond donors (Lipinski definition) is 0. The Morgan fingerprint density at radius 1 is 1.06 bits per heavy atom. The van der Waals surface area contributed by atoms with Crippen LogP contribution < -0.4 is 0 Å². The summed E-state index contributed by atoms with van der Waals surface area (Å²) >= 11 is 0. The van der Waals surface area contributed by atoms with Gasteiger partial charge in [-0.15, -0.1) is 0 Å². The zero-order chi connectivity index (χ0) is 25.2. The third-order valence-electron chi connectivity index (χ3n) is 5.79. The van der Waals surface area contributed by atoms with Gasteiger partial charge in [-0.25, -0.2) is 8.42 Å². The first-order chi connectivity index (χ1) is 16.1. The Hall–Kier alpha value is -2.74. The van der Waals surface area contributed by atoms with E-state index in [1.807, 2.05) is 6.92 Å². The van der Waals surface area contributed by atoms with Crippen LogP contribution in [0.2, 0.25) is 0 Å². The Morgan fingerprint density at radius 2 is 1.68 bits per heavy atom. The van der Waals surface area contributed by atoms with Crippen molar-refractivity contribution in [3.8, 4) is 0 Å². The number of ketones is 1. The lowest BCUT2D eigenvalue weighted by Crippen LogP contribution is -2.45. The predicted octanol–water partition coefficient (Wildman–Crippen LogP) is 4.86. The van der Waals surface area contributed by atoms with Crippen LogP contribution in [-0.2, 0) is 33.7 Å². The van der Waals surface area contributed by atoms with Crippen LogP contribution in [0.3, 0.4) is 0 Å². The Balaban J connectivity index is 2.05. The van der Waals surface area contributed by atoms with Crippen molar-refractivity contribution in [1.29, 1.82) is 0 Å². The van der Waals surface area contributed by atoms with Gasteiger partial charge < -0.3 is 9.47 Å². The van der Waals surface area contributed by atoms with E-state index < -0.39 is 27.2 Å². The Labute approximate surface area is 202 Å². The van der Waals surface area contributed by atoms with Crippen LogP contribution in [-0.4, -0.2) is 38.3 Å². The molecular formula is C26H34O7S. The molecule has 34 heavy (non-hydrogen) atoms. The van der Waals surface area contributed by atoms with Gasteiger partial charge in [-0.05, 0) is 69.4 Å². The second kappa shape index (κ2) is 12.6. The molecule has 0 radical (unpaired) electrons. The molecule has 0 bridgehead atoms. The zero-order valence-corrected chi connectivity index (χ0v) is 20.9. The summed E-state index contributed by atoms with van der Waals surface area (Å²) < 4.78 is 36.8. The minimum Gasteiger partial charge on any atom is -0.465 e. The fourth-order valence-electron chi connectivity index (χ4n) is 4.14. The lowest BCUT2D eigenvalue weighted by atomic mass is 9.85. The average molecular weight is 491 g/mol. The lowest BCUT2D eigenvalue weighted by Gasteiger charge is -2.32. The van der Waals surface area contributed by atoms with Crippen LogP contribution in [0.4, 0.5) is 0 Å². The smallest absolute Gasteiger partial charge is 0.303 e. The van der Waals surface area contributed by atoms with Crippen LogP contribution >= 0.6 is 0 Å². The maximum Gasteiger partial charge on any atom is 0.303 e. The van der Waals surface area contributed by atoms with E-state index in [0.717, 1.165) is 38.5 Å². The number of esters is 1. The maximum atomic E-state index is 13.5. The van der Waals surface area contributed by atoms with E-state index in [4.69, 9.17) is 9.47 Å². The molecule has 2 atom stereocenters. The van der Waals surface area contributed by atoms with E-state index >= 15 is 0 Å². The van der Waals surface area contributed by atoms with Gasteiger partial charge in [0.1, 0.15) is 4.91 Å². The number of carbonyl (C=O) groups excluding carboxylic acids is 3. The first kappa shape index (κ1) is 27.5. The largest absolute Gasteiger partial charge is 0.465 e. The molecule has 1 aromatic carbocycles. The van der Waals surface area contributed by atoms with E-state index in [-0.39, 0.29) is 22.3 Å². The first-order valence-electron chi connectivity index (χ1n) is 11.7. The number of ether oxygens (including phenoxy) is 2. The molecule has 0 heterocycles. The molecule has 0 saturated carbocycles. The van der Waals surface area contributed by atoms with E-state index in [2.05, 4.69) is 0 Å². The minimum absolute atomic E-state index is 0.0221. The molecule has 186 valence electrons. The summed E-state index contributed by atoms with van der Waals surface area (Å²) in [5, 5.41) is 0. The lowest BCUT2D eigenvalue weighted by molar-refractivity contribution is -0.159. The fraction of sp³-hybridized carbons (Fsp3) is 0.500. The number of benzene rings is 1. The standard InChI is InChI=1S/C26H34O7S/c1-20-17-24(34(30,31)23-14-10-8-11-15-23)25(29)26(18-20,33-22(3)28)16-12-7-5-4-6-9-13-21(2)32-19-27/h8,10-11,14-15,17-19,21H,4-7,9,12-13,16H2,1-3H3. The van der Waals surface area contributed by atoms with Crippen molar-refractivity contribution in [3.05, 3.63) is 53.0 Å². The summed E-state index contributed by atoms with van der Waals surface area (Å²) in [5.41, 5.74) is -1.06. The van der Waals surface area contributed by atoms with Crippen molar-refractivity contribution in [3.63, 3.8) is 0 Å². The summed E-state index contributed by atoms with van der Waals surface area (Å²) in [6.45, 7) is 5.25. The van der Waals surface area contributed by atoms with Crippen LogP contribution in [0.15, 0.2) is 57.9 Å². The fourth-order valence-corrected chi connectivity index (χ4v) is 5.67. The van der Waals surface area contributed by atoms with Gasteiger partial charge in [-0.1, -0.05) is 43.9 Å².